The number of aromatic nitrogens is 1. The van der Waals surface area contributed by atoms with E-state index in [1.807, 2.05) is 18.2 Å². The van der Waals surface area contributed by atoms with Gasteiger partial charge in [0.25, 0.3) is 5.91 Å². The number of hydrogen-bond acceptors (Lipinski definition) is 3. The van der Waals surface area contributed by atoms with E-state index in [4.69, 9.17) is 11.6 Å². The van der Waals surface area contributed by atoms with E-state index in [-0.39, 0.29) is 30.7 Å². The number of amides is 1. The number of nitrogens with zero attached hydrogens (tertiary/aromatic N) is 1. The Balaban J connectivity index is 0.00000132. The molecule has 0 fully saturated rings. The molecule has 2 N–H and O–H groups in total. The van der Waals surface area contributed by atoms with Crippen molar-refractivity contribution in [1.82, 2.24) is 15.6 Å². The van der Waals surface area contributed by atoms with Crippen LogP contribution < -0.4 is 10.6 Å². The molecule has 0 spiro atoms. The maximum absolute atomic E-state index is 12.4. The van der Waals surface area contributed by atoms with Crippen LogP contribution >= 0.6 is 36.4 Å². The van der Waals surface area contributed by atoms with Gasteiger partial charge in [-0.15, -0.1) is 24.8 Å². The predicted octanol–water partition coefficient (Wildman–Crippen LogP) is 3.38. The Morgan fingerprint density at radius 3 is 2.91 bits per heavy atom. The summed E-state index contributed by atoms with van der Waals surface area (Å²) in [7, 11) is 0. The molecule has 4 nitrogen and oxygen atoms in total. The van der Waals surface area contributed by atoms with Crippen LogP contribution in [0.3, 0.4) is 0 Å². The van der Waals surface area contributed by atoms with Crippen molar-refractivity contribution in [1.29, 1.82) is 0 Å². The largest absolute Gasteiger partial charge is 0.348 e. The first-order valence-corrected chi connectivity index (χ1v) is 7.33. The van der Waals surface area contributed by atoms with Gasteiger partial charge < -0.3 is 10.6 Å². The Kier molecular flexibility index (Phi) is 7.79. The Bertz CT molecular complexity index is 719. The van der Waals surface area contributed by atoms with Crippen molar-refractivity contribution in [3.05, 3.63) is 52.7 Å². The van der Waals surface area contributed by atoms with Crippen molar-refractivity contribution in [2.75, 3.05) is 19.6 Å². The van der Waals surface area contributed by atoms with Gasteiger partial charge in [-0.2, -0.15) is 0 Å². The molecule has 2 aromatic rings. The third-order valence-electron chi connectivity index (χ3n) is 3.55. The summed E-state index contributed by atoms with van der Waals surface area (Å²) in [4.78, 5) is 16.7. The topological polar surface area (TPSA) is 54.0 Å². The van der Waals surface area contributed by atoms with Crippen molar-refractivity contribution in [2.24, 2.45) is 0 Å². The van der Waals surface area contributed by atoms with Gasteiger partial charge in [-0.3, -0.25) is 9.78 Å². The molecule has 1 amide bonds. The molecule has 7 heteroatoms. The van der Waals surface area contributed by atoms with E-state index in [9.17, 15) is 4.79 Å². The lowest BCUT2D eigenvalue weighted by Crippen LogP contribution is -2.29. The molecule has 2 heterocycles. The van der Waals surface area contributed by atoms with Crippen LogP contribution in [0.5, 0.6) is 0 Å². The summed E-state index contributed by atoms with van der Waals surface area (Å²) in [5, 5.41) is 7.62. The molecule has 0 unspecified atom stereocenters. The summed E-state index contributed by atoms with van der Waals surface area (Å²) in [5.41, 5.74) is 2.45. The Labute approximate surface area is 152 Å². The van der Waals surface area contributed by atoms with E-state index in [0.717, 1.165) is 24.9 Å². The van der Waals surface area contributed by atoms with Gasteiger partial charge in [0.2, 0.25) is 0 Å². The molecule has 0 atom stereocenters. The standard InChI is InChI=1S/C16H16ClN3O.2ClH/c17-13-8-12-2-1-5-19-15(12)14(9-13)16(21)20-10-11-3-6-18-7-4-11;;/h1-3,5,8-9,18H,4,6-7,10H2,(H,20,21);2*1H. The van der Waals surface area contributed by atoms with Crippen LogP contribution in [-0.2, 0) is 0 Å². The molecule has 0 aliphatic carbocycles. The van der Waals surface area contributed by atoms with Crippen LogP contribution in [0, 0.1) is 0 Å². The number of nitrogens with one attached hydrogen (secondary N) is 2. The predicted molar refractivity (Wildman–Crippen MR) is 99.2 cm³/mol. The number of halogens is 3. The fourth-order valence-corrected chi connectivity index (χ4v) is 2.67. The molecule has 1 aromatic heterocycles. The monoisotopic (exact) mass is 373 g/mol. The molecule has 0 saturated heterocycles. The van der Waals surface area contributed by atoms with Gasteiger partial charge in [0.05, 0.1) is 11.1 Å². The third kappa shape index (κ3) is 4.82. The zero-order chi connectivity index (χ0) is 14.7. The van der Waals surface area contributed by atoms with Crippen molar-refractivity contribution < 1.29 is 4.79 Å². The van der Waals surface area contributed by atoms with Gasteiger partial charge in [-0.1, -0.05) is 29.3 Å². The maximum Gasteiger partial charge on any atom is 0.253 e. The number of carbonyl (C=O) groups is 1. The smallest absolute Gasteiger partial charge is 0.253 e. The van der Waals surface area contributed by atoms with Crippen LogP contribution in [0.25, 0.3) is 10.9 Å². The lowest BCUT2D eigenvalue weighted by molar-refractivity contribution is 0.0958. The average molecular weight is 375 g/mol. The van der Waals surface area contributed by atoms with E-state index in [1.165, 1.54) is 5.57 Å². The molecule has 0 saturated carbocycles. The minimum absolute atomic E-state index is 0. The summed E-state index contributed by atoms with van der Waals surface area (Å²) in [5.74, 6) is -0.138. The number of pyridine rings is 1. The van der Waals surface area contributed by atoms with E-state index in [1.54, 1.807) is 12.3 Å². The molecule has 23 heavy (non-hydrogen) atoms. The highest BCUT2D eigenvalue weighted by atomic mass is 35.5. The van der Waals surface area contributed by atoms with Crippen LogP contribution in [0.15, 0.2) is 42.1 Å². The second kappa shape index (κ2) is 9.08. The summed E-state index contributed by atoms with van der Waals surface area (Å²) in [6, 6.07) is 7.22. The Morgan fingerprint density at radius 2 is 2.17 bits per heavy atom. The SMILES string of the molecule is Cl.Cl.O=C(NCC1=CCNCC1)c1cc(Cl)cc2cccnc12. The highest BCUT2D eigenvalue weighted by molar-refractivity contribution is 6.32. The molecule has 1 aliphatic heterocycles. The normalized spacial score (nSPS) is 13.5. The lowest BCUT2D eigenvalue weighted by Gasteiger charge is -2.15. The number of fused-ring (bicyclic) bond motifs is 1. The first-order valence-electron chi connectivity index (χ1n) is 6.95. The molecule has 124 valence electrons. The van der Waals surface area contributed by atoms with Crippen molar-refractivity contribution in [3.8, 4) is 0 Å². The Hall–Kier alpha value is -1.33. The second-order valence-electron chi connectivity index (χ2n) is 5.03. The van der Waals surface area contributed by atoms with Crippen LogP contribution in [0.1, 0.15) is 16.8 Å². The first kappa shape index (κ1) is 19.7. The lowest BCUT2D eigenvalue weighted by atomic mass is 10.1. The van der Waals surface area contributed by atoms with Crippen LogP contribution in [0.4, 0.5) is 0 Å². The summed E-state index contributed by atoms with van der Waals surface area (Å²) < 4.78 is 0. The number of carbonyl (C=O) groups excluding carboxylic acids is 1. The molecule has 0 radical (unpaired) electrons. The van der Waals surface area contributed by atoms with E-state index in [2.05, 4.69) is 21.7 Å². The Morgan fingerprint density at radius 1 is 1.35 bits per heavy atom. The van der Waals surface area contributed by atoms with E-state index in [0.29, 0.717) is 22.6 Å². The van der Waals surface area contributed by atoms with Gasteiger partial charge in [0, 0.05) is 29.7 Å². The van der Waals surface area contributed by atoms with Gasteiger partial charge in [0.1, 0.15) is 0 Å². The average Bonchev–Trinajstić information content (AvgIpc) is 2.52. The van der Waals surface area contributed by atoms with Crippen LogP contribution in [-0.4, -0.2) is 30.5 Å². The van der Waals surface area contributed by atoms with Gasteiger partial charge >= 0.3 is 0 Å². The molecule has 3 rings (SSSR count). The molecule has 1 aliphatic rings. The summed E-state index contributed by atoms with van der Waals surface area (Å²) >= 11 is 6.09. The number of benzene rings is 1. The first-order chi connectivity index (χ1) is 10.2. The second-order valence-corrected chi connectivity index (χ2v) is 5.46. The van der Waals surface area contributed by atoms with Gasteiger partial charge in [-0.25, -0.2) is 0 Å². The van der Waals surface area contributed by atoms with Crippen LogP contribution in [0.2, 0.25) is 5.02 Å². The van der Waals surface area contributed by atoms with Crippen molar-refractivity contribution >= 4 is 53.2 Å². The fraction of sp³-hybridized carbons (Fsp3) is 0.250. The quantitative estimate of drug-likeness (QED) is 0.810. The zero-order valence-electron chi connectivity index (χ0n) is 12.3. The highest BCUT2D eigenvalue weighted by Gasteiger charge is 2.13. The third-order valence-corrected chi connectivity index (χ3v) is 3.77. The molecular formula is C16H18Cl3N3O. The maximum atomic E-state index is 12.4. The van der Waals surface area contributed by atoms with Crippen molar-refractivity contribution in [3.63, 3.8) is 0 Å². The van der Waals surface area contributed by atoms with Gasteiger partial charge in [0.15, 0.2) is 0 Å². The number of hydrogen-bond donors (Lipinski definition) is 2. The summed E-state index contributed by atoms with van der Waals surface area (Å²) in [6.07, 6.45) is 4.77. The van der Waals surface area contributed by atoms with Crippen molar-refractivity contribution in [2.45, 2.75) is 6.42 Å². The summed E-state index contributed by atoms with van der Waals surface area (Å²) in [6.45, 7) is 2.40. The fourth-order valence-electron chi connectivity index (χ4n) is 2.45. The van der Waals surface area contributed by atoms with E-state index < -0.39 is 0 Å². The zero-order valence-corrected chi connectivity index (χ0v) is 14.7. The van der Waals surface area contributed by atoms with E-state index >= 15 is 0 Å². The molecular weight excluding hydrogens is 357 g/mol. The minimum Gasteiger partial charge on any atom is -0.348 e. The minimum atomic E-state index is -0.138. The van der Waals surface area contributed by atoms with Gasteiger partial charge in [-0.05, 0) is 31.2 Å². The highest BCUT2D eigenvalue weighted by Crippen LogP contribution is 2.22. The molecule has 0 bridgehead atoms. The molecule has 1 aromatic carbocycles. The number of rotatable bonds is 3.